The first-order chi connectivity index (χ1) is 14.7. The van der Waals surface area contributed by atoms with Crippen molar-refractivity contribution in [3.63, 3.8) is 0 Å². The third kappa shape index (κ3) is 8.50. The van der Waals surface area contributed by atoms with Crippen LogP contribution in [0.1, 0.15) is 46.5 Å². The molecule has 2 aliphatic rings. The standard InChI is InChI=1S/C21H32N2O6S2/c1-12(2)19-17(25)10-18(26)29-15-6-4-5-7-30-31-11-16(21(28)23-19)22-20(27)13(3)8-14(24)9-15/h4,6,12-13,15-17,19,25H,5,7-11H2,1-3H3,(H,22,27)(H,23,28)/b6-4+/t13-,15+,16+,17-,19+/m0/s1. The van der Waals surface area contributed by atoms with Crippen molar-refractivity contribution >= 4 is 45.2 Å². The number of hydrogen-bond donors (Lipinski definition) is 3. The predicted molar refractivity (Wildman–Crippen MR) is 121 cm³/mol. The normalized spacial score (nSPS) is 33.4. The SMILES string of the molecule is CC(C)[C@H]1NC(=O)[C@H]2CSSCC/C=C/[C@H](CC(=O)C[C@H](C)C(=O)N2)OC(=O)C[C@@H]1O. The van der Waals surface area contributed by atoms with E-state index in [1.807, 2.05) is 19.9 Å². The van der Waals surface area contributed by atoms with Crippen molar-refractivity contribution in [1.29, 1.82) is 0 Å². The molecule has 2 aliphatic heterocycles. The van der Waals surface area contributed by atoms with Gasteiger partial charge in [0.15, 0.2) is 0 Å². The van der Waals surface area contributed by atoms with Crippen LogP contribution in [0.15, 0.2) is 12.2 Å². The van der Waals surface area contributed by atoms with Crippen molar-refractivity contribution < 1.29 is 29.0 Å². The van der Waals surface area contributed by atoms with Crippen molar-refractivity contribution in [1.82, 2.24) is 10.6 Å². The van der Waals surface area contributed by atoms with E-state index >= 15 is 0 Å². The molecule has 0 radical (unpaired) electrons. The Kier molecular flexibility index (Phi) is 10.4. The second-order valence-electron chi connectivity index (χ2n) is 8.31. The number of Topliss-reactive ketones (excluding diaryl/α,β-unsaturated/α-hetero) is 1. The van der Waals surface area contributed by atoms with Crippen LogP contribution in [0.4, 0.5) is 0 Å². The average Bonchev–Trinajstić information content (AvgIpc) is 2.68. The molecule has 10 heteroatoms. The maximum Gasteiger partial charge on any atom is 0.309 e. The number of allylic oxidation sites excluding steroid dienone is 1. The van der Waals surface area contributed by atoms with Crippen LogP contribution in [0.2, 0.25) is 0 Å². The number of aliphatic hydroxyl groups is 1. The number of carbonyl (C=O) groups is 4. The zero-order chi connectivity index (χ0) is 23.0. The minimum Gasteiger partial charge on any atom is -0.458 e. The van der Waals surface area contributed by atoms with Crippen molar-refractivity contribution in [3.05, 3.63) is 12.2 Å². The molecular weight excluding hydrogens is 440 g/mol. The van der Waals surface area contributed by atoms with E-state index < -0.39 is 42.1 Å². The number of nitrogens with one attached hydrogen (secondary N) is 2. The van der Waals surface area contributed by atoms with Gasteiger partial charge in [-0.15, -0.1) is 0 Å². The summed E-state index contributed by atoms with van der Waals surface area (Å²) in [6, 6.07) is -1.51. The molecule has 2 rings (SSSR count). The molecule has 5 atom stereocenters. The molecule has 0 aromatic carbocycles. The van der Waals surface area contributed by atoms with Crippen LogP contribution < -0.4 is 10.6 Å². The first kappa shape index (κ1) is 25.7. The molecule has 2 bridgehead atoms. The summed E-state index contributed by atoms with van der Waals surface area (Å²) in [6.07, 6.45) is 2.01. The molecule has 0 spiro atoms. The second kappa shape index (κ2) is 12.5. The van der Waals surface area contributed by atoms with E-state index in [9.17, 15) is 24.3 Å². The molecule has 1 saturated heterocycles. The van der Waals surface area contributed by atoms with E-state index in [0.29, 0.717) is 12.2 Å². The number of esters is 1. The number of ketones is 1. The quantitative estimate of drug-likeness (QED) is 0.299. The summed E-state index contributed by atoms with van der Waals surface area (Å²) in [5.41, 5.74) is 0. The average molecular weight is 473 g/mol. The molecule has 0 saturated carbocycles. The number of rotatable bonds is 1. The van der Waals surface area contributed by atoms with E-state index in [0.717, 1.165) is 5.75 Å². The first-order valence-electron chi connectivity index (χ1n) is 10.6. The maximum absolute atomic E-state index is 13.0. The lowest BCUT2D eigenvalue weighted by atomic mass is 9.96. The van der Waals surface area contributed by atoms with Crippen LogP contribution in [0, 0.1) is 11.8 Å². The molecule has 174 valence electrons. The van der Waals surface area contributed by atoms with Gasteiger partial charge >= 0.3 is 5.97 Å². The van der Waals surface area contributed by atoms with E-state index in [-0.39, 0.29) is 36.9 Å². The third-order valence-electron chi connectivity index (χ3n) is 5.18. The third-order valence-corrected chi connectivity index (χ3v) is 7.63. The van der Waals surface area contributed by atoms with E-state index in [2.05, 4.69) is 10.6 Å². The Morgan fingerprint density at radius 3 is 2.52 bits per heavy atom. The molecule has 0 aliphatic carbocycles. The molecule has 0 aromatic rings. The maximum atomic E-state index is 13.0. The van der Waals surface area contributed by atoms with Gasteiger partial charge in [-0.3, -0.25) is 19.2 Å². The van der Waals surface area contributed by atoms with Crippen LogP contribution in [0.25, 0.3) is 0 Å². The monoisotopic (exact) mass is 472 g/mol. The lowest BCUT2D eigenvalue weighted by Gasteiger charge is -2.29. The van der Waals surface area contributed by atoms with Crippen LogP contribution in [-0.4, -0.2) is 64.5 Å². The highest BCUT2D eigenvalue weighted by Gasteiger charge is 2.32. The van der Waals surface area contributed by atoms with Crippen LogP contribution in [0.3, 0.4) is 0 Å². The van der Waals surface area contributed by atoms with Gasteiger partial charge in [0.2, 0.25) is 11.8 Å². The fraction of sp³-hybridized carbons (Fsp3) is 0.714. The summed E-state index contributed by atoms with van der Waals surface area (Å²) >= 11 is 0. The van der Waals surface area contributed by atoms with Gasteiger partial charge in [-0.1, -0.05) is 48.4 Å². The Hall–Kier alpha value is -1.52. The summed E-state index contributed by atoms with van der Waals surface area (Å²) in [5.74, 6) is -1.32. The largest absolute Gasteiger partial charge is 0.458 e. The highest BCUT2D eigenvalue weighted by molar-refractivity contribution is 8.76. The molecule has 2 amide bonds. The smallest absolute Gasteiger partial charge is 0.309 e. The fourth-order valence-corrected chi connectivity index (χ4v) is 5.57. The predicted octanol–water partition coefficient (Wildman–Crippen LogP) is 1.62. The summed E-state index contributed by atoms with van der Waals surface area (Å²) < 4.78 is 5.47. The Balaban J connectivity index is 2.41. The molecular formula is C21H32N2O6S2. The van der Waals surface area contributed by atoms with Crippen LogP contribution in [-0.2, 0) is 23.9 Å². The van der Waals surface area contributed by atoms with Crippen LogP contribution in [0.5, 0.6) is 0 Å². The van der Waals surface area contributed by atoms with Crippen molar-refractivity contribution in [2.24, 2.45) is 11.8 Å². The van der Waals surface area contributed by atoms with Gasteiger partial charge in [0.1, 0.15) is 17.9 Å². The van der Waals surface area contributed by atoms with Gasteiger partial charge in [-0.25, -0.2) is 0 Å². The molecule has 0 unspecified atom stereocenters. The number of amides is 2. The molecule has 3 N–H and O–H groups in total. The van der Waals surface area contributed by atoms with E-state index in [4.69, 9.17) is 4.74 Å². The van der Waals surface area contributed by atoms with Crippen molar-refractivity contribution in [3.8, 4) is 0 Å². The van der Waals surface area contributed by atoms with Gasteiger partial charge < -0.3 is 20.5 Å². The minimum atomic E-state index is -1.16. The summed E-state index contributed by atoms with van der Waals surface area (Å²) in [5, 5.41) is 16.2. The number of fused-ring (bicyclic) bond motifs is 7. The van der Waals surface area contributed by atoms with Gasteiger partial charge in [0.05, 0.1) is 18.6 Å². The van der Waals surface area contributed by atoms with E-state index in [1.54, 1.807) is 23.8 Å². The Morgan fingerprint density at radius 1 is 1.06 bits per heavy atom. The number of aliphatic hydroxyl groups excluding tert-OH is 1. The molecule has 1 fully saturated rings. The number of ether oxygens (including phenoxy) is 1. The Labute approximate surface area is 191 Å². The van der Waals surface area contributed by atoms with Crippen molar-refractivity contribution in [2.45, 2.75) is 70.7 Å². The van der Waals surface area contributed by atoms with Crippen molar-refractivity contribution in [2.75, 3.05) is 11.5 Å². The highest BCUT2D eigenvalue weighted by atomic mass is 33.1. The lowest BCUT2D eigenvalue weighted by Crippen LogP contribution is -2.55. The van der Waals surface area contributed by atoms with Gasteiger partial charge in [0, 0.05) is 30.3 Å². The fourth-order valence-electron chi connectivity index (χ4n) is 3.41. The Bertz CT molecular complexity index is 699. The van der Waals surface area contributed by atoms with Gasteiger partial charge in [-0.2, -0.15) is 0 Å². The van der Waals surface area contributed by atoms with Gasteiger partial charge in [0.25, 0.3) is 0 Å². The van der Waals surface area contributed by atoms with Gasteiger partial charge in [-0.05, 0) is 18.4 Å². The summed E-state index contributed by atoms with van der Waals surface area (Å²) in [6.45, 7) is 5.30. The molecule has 31 heavy (non-hydrogen) atoms. The first-order valence-corrected chi connectivity index (χ1v) is 13.1. The Morgan fingerprint density at radius 2 is 1.81 bits per heavy atom. The highest BCUT2D eigenvalue weighted by Crippen LogP contribution is 2.24. The molecule has 0 aromatic heterocycles. The topological polar surface area (TPSA) is 122 Å². The zero-order valence-electron chi connectivity index (χ0n) is 18.2. The minimum absolute atomic E-state index is 0.0127. The van der Waals surface area contributed by atoms with Crippen LogP contribution >= 0.6 is 21.6 Å². The second-order valence-corrected chi connectivity index (χ2v) is 10.9. The number of carbonyl (C=O) groups excluding carboxylic acids is 4. The summed E-state index contributed by atoms with van der Waals surface area (Å²) in [4.78, 5) is 50.6. The lowest BCUT2D eigenvalue weighted by molar-refractivity contribution is -0.151. The summed E-state index contributed by atoms with van der Waals surface area (Å²) in [7, 11) is 3.06. The molecule has 8 nitrogen and oxygen atoms in total. The zero-order valence-corrected chi connectivity index (χ0v) is 19.8. The number of hydrogen-bond acceptors (Lipinski definition) is 8. The van der Waals surface area contributed by atoms with E-state index in [1.165, 1.54) is 10.8 Å². The molecule has 2 heterocycles.